The van der Waals surface area contributed by atoms with Crippen LogP contribution in [0.1, 0.15) is 6.42 Å². The molecule has 3 aromatic rings. The zero-order valence-corrected chi connectivity index (χ0v) is 16.4. The molecule has 0 aliphatic heterocycles. The third kappa shape index (κ3) is 4.43. The lowest BCUT2D eigenvalue weighted by Crippen LogP contribution is -2.15. The molecule has 0 saturated heterocycles. The predicted octanol–water partition coefficient (Wildman–Crippen LogP) is 3.13. The van der Waals surface area contributed by atoms with Crippen LogP contribution in [0.4, 0.5) is 0 Å². The number of benzene rings is 2. The van der Waals surface area contributed by atoms with E-state index in [9.17, 15) is 9.90 Å². The van der Waals surface area contributed by atoms with Crippen LogP contribution < -0.4 is 9.47 Å². The van der Waals surface area contributed by atoms with E-state index in [1.54, 1.807) is 11.7 Å². The van der Waals surface area contributed by atoms with Gasteiger partial charge in [0.05, 0.1) is 24.8 Å². The van der Waals surface area contributed by atoms with Gasteiger partial charge >= 0.3 is 5.97 Å². The van der Waals surface area contributed by atoms with Gasteiger partial charge in [-0.1, -0.05) is 12.1 Å². The molecule has 2 aromatic carbocycles. The monoisotopic (exact) mass is 383 g/mol. The second-order valence-electron chi connectivity index (χ2n) is 6.77. The molecule has 28 heavy (non-hydrogen) atoms. The molecule has 0 atom stereocenters. The van der Waals surface area contributed by atoms with E-state index in [2.05, 4.69) is 9.88 Å². The smallest absolute Gasteiger partial charge is 0.323 e. The number of carboxylic acids is 1. The molecule has 0 radical (unpaired) electrons. The molecule has 7 nitrogen and oxygen atoms in total. The molecule has 1 heterocycles. The van der Waals surface area contributed by atoms with Gasteiger partial charge in [0.25, 0.3) is 0 Å². The number of hydrogen-bond acceptors (Lipinski definition) is 5. The summed E-state index contributed by atoms with van der Waals surface area (Å²) in [5.41, 5.74) is 2.31. The summed E-state index contributed by atoms with van der Waals surface area (Å²) in [6.45, 7) is 1.32. The summed E-state index contributed by atoms with van der Waals surface area (Å²) in [7, 11) is 5.64. The summed E-state index contributed by atoms with van der Waals surface area (Å²) in [5, 5.41) is 9.34. The first-order chi connectivity index (χ1) is 13.5. The lowest BCUT2D eigenvalue weighted by atomic mass is 10.2. The number of nitrogens with zero attached hydrogens (tertiary/aromatic N) is 3. The Kier molecular flexibility index (Phi) is 6.16. The number of carboxylic acid groups (broad SMARTS) is 1. The minimum atomic E-state index is -0.918. The van der Waals surface area contributed by atoms with Gasteiger partial charge in [0.1, 0.15) is 12.4 Å². The predicted molar refractivity (Wildman–Crippen MR) is 108 cm³/mol. The van der Waals surface area contributed by atoms with Crippen molar-refractivity contribution in [2.45, 2.75) is 13.0 Å². The van der Waals surface area contributed by atoms with Crippen molar-refractivity contribution in [2.24, 2.45) is 0 Å². The molecule has 0 unspecified atom stereocenters. The van der Waals surface area contributed by atoms with Crippen LogP contribution in [0.3, 0.4) is 0 Å². The Labute approximate surface area is 164 Å². The van der Waals surface area contributed by atoms with Gasteiger partial charge in [-0.3, -0.25) is 4.79 Å². The second kappa shape index (κ2) is 8.75. The highest BCUT2D eigenvalue weighted by Gasteiger charge is 2.16. The molecule has 1 N–H and O–H groups in total. The van der Waals surface area contributed by atoms with E-state index in [0.717, 1.165) is 29.6 Å². The van der Waals surface area contributed by atoms with Crippen molar-refractivity contribution in [2.75, 3.05) is 34.4 Å². The van der Waals surface area contributed by atoms with E-state index in [1.165, 1.54) is 0 Å². The lowest BCUT2D eigenvalue weighted by molar-refractivity contribution is -0.137. The Morgan fingerprint density at radius 2 is 1.96 bits per heavy atom. The van der Waals surface area contributed by atoms with Gasteiger partial charge in [-0.15, -0.1) is 0 Å². The lowest BCUT2D eigenvalue weighted by Gasteiger charge is -2.14. The molecule has 0 saturated carbocycles. The van der Waals surface area contributed by atoms with Crippen molar-refractivity contribution in [3.05, 3.63) is 42.5 Å². The van der Waals surface area contributed by atoms with Gasteiger partial charge < -0.3 is 24.0 Å². The maximum Gasteiger partial charge on any atom is 0.323 e. The normalized spacial score (nSPS) is 11.1. The van der Waals surface area contributed by atoms with E-state index in [1.807, 2.05) is 56.6 Å². The van der Waals surface area contributed by atoms with Crippen molar-refractivity contribution in [1.29, 1.82) is 0 Å². The fraction of sp³-hybridized carbons (Fsp3) is 0.333. The summed E-state index contributed by atoms with van der Waals surface area (Å²) in [4.78, 5) is 18.1. The SMILES string of the molecule is COc1ccc(-c2nc3ccccc3n2CC(=O)O)cc1OCCCN(C)C. The summed E-state index contributed by atoms with van der Waals surface area (Å²) in [6.07, 6.45) is 0.887. The van der Waals surface area contributed by atoms with Crippen LogP contribution >= 0.6 is 0 Å². The zero-order chi connectivity index (χ0) is 20.1. The third-order valence-electron chi connectivity index (χ3n) is 4.38. The minimum absolute atomic E-state index is 0.166. The number of rotatable bonds is 9. The molecule has 0 bridgehead atoms. The summed E-state index contributed by atoms with van der Waals surface area (Å²) in [6, 6.07) is 13.0. The van der Waals surface area contributed by atoms with Gasteiger partial charge in [-0.2, -0.15) is 0 Å². The molecule has 0 fully saturated rings. The number of para-hydroxylation sites is 2. The van der Waals surface area contributed by atoms with Crippen molar-refractivity contribution in [3.63, 3.8) is 0 Å². The molecular weight excluding hydrogens is 358 g/mol. The molecule has 0 amide bonds. The van der Waals surface area contributed by atoms with Crippen LogP contribution in [-0.2, 0) is 11.3 Å². The Hall–Kier alpha value is -3.06. The summed E-state index contributed by atoms with van der Waals surface area (Å²) < 4.78 is 13.0. The van der Waals surface area contributed by atoms with Crippen molar-refractivity contribution in [3.8, 4) is 22.9 Å². The number of aliphatic carboxylic acids is 1. The molecule has 1 aromatic heterocycles. The molecule has 7 heteroatoms. The third-order valence-corrected chi connectivity index (χ3v) is 4.38. The number of carbonyl (C=O) groups is 1. The largest absolute Gasteiger partial charge is 0.493 e. The van der Waals surface area contributed by atoms with Crippen LogP contribution in [0.15, 0.2) is 42.5 Å². The highest BCUT2D eigenvalue weighted by atomic mass is 16.5. The number of methoxy groups -OCH3 is 1. The zero-order valence-electron chi connectivity index (χ0n) is 16.4. The highest BCUT2D eigenvalue weighted by molar-refractivity contribution is 5.83. The van der Waals surface area contributed by atoms with E-state index < -0.39 is 5.97 Å². The molecular formula is C21H25N3O4. The standard InChI is InChI=1S/C21H25N3O4/c1-23(2)11-6-12-28-19-13-15(9-10-18(19)27-3)21-22-16-7-4-5-8-17(16)24(21)14-20(25)26/h4-5,7-10,13H,6,11-12,14H2,1-3H3,(H,25,26). The first-order valence-corrected chi connectivity index (χ1v) is 9.12. The number of ether oxygens (including phenoxy) is 2. The van der Waals surface area contributed by atoms with Crippen molar-refractivity contribution in [1.82, 2.24) is 14.5 Å². The highest BCUT2D eigenvalue weighted by Crippen LogP contribution is 2.33. The Morgan fingerprint density at radius 3 is 2.68 bits per heavy atom. The quantitative estimate of drug-likeness (QED) is 0.572. The van der Waals surface area contributed by atoms with Gasteiger partial charge in [-0.25, -0.2) is 4.98 Å². The number of aromatic nitrogens is 2. The van der Waals surface area contributed by atoms with Crippen LogP contribution in [0, 0.1) is 0 Å². The number of fused-ring (bicyclic) bond motifs is 1. The number of hydrogen-bond donors (Lipinski definition) is 1. The van der Waals surface area contributed by atoms with Gasteiger partial charge in [0, 0.05) is 12.1 Å². The van der Waals surface area contributed by atoms with E-state index >= 15 is 0 Å². The van der Waals surface area contributed by atoms with Crippen LogP contribution in [0.2, 0.25) is 0 Å². The molecule has 0 spiro atoms. The maximum atomic E-state index is 11.4. The Balaban J connectivity index is 1.97. The van der Waals surface area contributed by atoms with Crippen LogP contribution in [0.25, 0.3) is 22.4 Å². The molecule has 0 aliphatic rings. The Morgan fingerprint density at radius 1 is 1.18 bits per heavy atom. The second-order valence-corrected chi connectivity index (χ2v) is 6.77. The van der Waals surface area contributed by atoms with Gasteiger partial charge in [-0.05, 0) is 50.8 Å². The summed E-state index contributed by atoms with van der Waals surface area (Å²) in [5.74, 6) is 0.921. The van der Waals surface area contributed by atoms with E-state index in [-0.39, 0.29) is 6.54 Å². The van der Waals surface area contributed by atoms with E-state index in [4.69, 9.17) is 9.47 Å². The summed E-state index contributed by atoms with van der Waals surface area (Å²) >= 11 is 0. The average Bonchev–Trinajstić information content (AvgIpc) is 3.03. The first kappa shape index (κ1) is 19.7. The minimum Gasteiger partial charge on any atom is -0.493 e. The van der Waals surface area contributed by atoms with Crippen molar-refractivity contribution >= 4 is 17.0 Å². The van der Waals surface area contributed by atoms with Crippen molar-refractivity contribution < 1.29 is 19.4 Å². The molecule has 3 rings (SSSR count). The van der Waals surface area contributed by atoms with Crippen LogP contribution in [0.5, 0.6) is 11.5 Å². The topological polar surface area (TPSA) is 76.8 Å². The van der Waals surface area contributed by atoms with Gasteiger partial charge in [0.15, 0.2) is 11.5 Å². The van der Waals surface area contributed by atoms with Gasteiger partial charge in [0.2, 0.25) is 0 Å². The Bertz CT molecular complexity index is 965. The molecule has 148 valence electrons. The fourth-order valence-electron chi connectivity index (χ4n) is 3.08. The maximum absolute atomic E-state index is 11.4. The number of imidazole rings is 1. The van der Waals surface area contributed by atoms with E-state index in [0.29, 0.717) is 23.9 Å². The average molecular weight is 383 g/mol. The van der Waals surface area contributed by atoms with Crippen LogP contribution in [-0.4, -0.2) is 59.9 Å². The fourth-order valence-corrected chi connectivity index (χ4v) is 3.08. The first-order valence-electron chi connectivity index (χ1n) is 9.12. The molecule has 0 aliphatic carbocycles.